The molecule has 2 rings (SSSR count). The molecule has 0 N–H and O–H groups in total. The molecule has 2 aromatic rings. The van der Waals surface area contributed by atoms with Gasteiger partial charge >= 0.3 is 15.6 Å². The van der Waals surface area contributed by atoms with Crippen molar-refractivity contribution in [2.75, 3.05) is 0 Å². The van der Waals surface area contributed by atoms with Crippen molar-refractivity contribution in [2.24, 2.45) is 0 Å². The molecule has 0 unspecified atom stereocenters. The number of hydrogen-bond acceptors (Lipinski definition) is 5. The number of carbonyl (C=O) groups excluding carboxylic acids is 1. The van der Waals surface area contributed by atoms with Gasteiger partial charge in [-0.25, -0.2) is 4.85 Å². The smallest absolute Gasteiger partial charge is 0.375 e. The first-order valence-corrected chi connectivity index (χ1v) is 8.64. The van der Waals surface area contributed by atoms with Crippen LogP contribution in [0.15, 0.2) is 52.3 Å². The lowest BCUT2D eigenvalue weighted by molar-refractivity contribution is -0.0500. The van der Waals surface area contributed by atoms with E-state index in [9.17, 15) is 26.4 Å². The van der Waals surface area contributed by atoms with E-state index in [4.69, 9.17) is 6.57 Å². The molecule has 130 valence electrons. The van der Waals surface area contributed by atoms with Crippen LogP contribution in [0.3, 0.4) is 0 Å². The number of halogens is 3. The van der Waals surface area contributed by atoms with Crippen molar-refractivity contribution in [2.45, 2.75) is 15.3 Å². The molecule has 0 aromatic heterocycles. The zero-order chi connectivity index (χ0) is 18.7. The summed E-state index contributed by atoms with van der Waals surface area (Å²) in [6, 6.07) is 10.0. The lowest BCUT2D eigenvalue weighted by atomic mass is 10.2. The maximum Gasteiger partial charge on any atom is 0.534 e. The van der Waals surface area contributed by atoms with Crippen LogP contribution in [0.2, 0.25) is 0 Å². The van der Waals surface area contributed by atoms with Gasteiger partial charge in [0.15, 0.2) is 17.7 Å². The van der Waals surface area contributed by atoms with E-state index in [0.29, 0.717) is 10.6 Å². The minimum absolute atomic E-state index is 0.202. The van der Waals surface area contributed by atoms with Crippen LogP contribution in [0.5, 0.6) is 5.75 Å². The maximum absolute atomic E-state index is 12.4. The topological polar surface area (TPSA) is 64.8 Å². The van der Waals surface area contributed by atoms with Crippen LogP contribution in [0.4, 0.5) is 18.9 Å². The van der Waals surface area contributed by atoms with Crippen molar-refractivity contribution in [3.63, 3.8) is 0 Å². The van der Waals surface area contributed by atoms with Crippen molar-refractivity contribution >= 4 is 33.9 Å². The summed E-state index contributed by atoms with van der Waals surface area (Å²) in [4.78, 5) is 15.5. The molecule has 0 bridgehead atoms. The third kappa shape index (κ3) is 4.52. The minimum atomic E-state index is -5.86. The largest absolute Gasteiger partial charge is 0.534 e. The van der Waals surface area contributed by atoms with Gasteiger partial charge in [0.05, 0.1) is 12.1 Å². The lowest BCUT2D eigenvalue weighted by Crippen LogP contribution is -2.28. The Labute approximate surface area is 145 Å². The number of carbonyl (C=O) groups is 1. The molecule has 0 aliphatic rings. The number of benzene rings is 2. The van der Waals surface area contributed by atoms with Gasteiger partial charge in [-0.1, -0.05) is 36.0 Å². The van der Waals surface area contributed by atoms with E-state index in [1.165, 1.54) is 23.9 Å². The van der Waals surface area contributed by atoms with Crippen LogP contribution in [-0.4, -0.2) is 20.2 Å². The van der Waals surface area contributed by atoms with Crippen molar-refractivity contribution in [3.05, 3.63) is 59.4 Å². The Balaban J connectivity index is 2.27. The summed E-state index contributed by atoms with van der Waals surface area (Å²) in [6.07, 6.45) is 0.202. The number of hydrogen-bond donors (Lipinski definition) is 0. The van der Waals surface area contributed by atoms with Gasteiger partial charge in [-0.2, -0.15) is 21.6 Å². The van der Waals surface area contributed by atoms with E-state index in [-0.39, 0.29) is 11.8 Å². The summed E-state index contributed by atoms with van der Waals surface area (Å²) < 4.78 is 63.1. The van der Waals surface area contributed by atoms with Gasteiger partial charge in [0.1, 0.15) is 0 Å². The van der Waals surface area contributed by atoms with Crippen LogP contribution in [0.25, 0.3) is 4.85 Å². The summed E-state index contributed by atoms with van der Waals surface area (Å²) in [5.41, 5.74) is -5.49. The summed E-state index contributed by atoms with van der Waals surface area (Å²) >= 11 is 1.18. The van der Waals surface area contributed by atoms with Gasteiger partial charge < -0.3 is 4.18 Å². The van der Waals surface area contributed by atoms with E-state index >= 15 is 0 Å². The zero-order valence-electron chi connectivity index (χ0n) is 12.1. The minimum Gasteiger partial charge on any atom is -0.375 e. The fraction of sp³-hybridized carbons (Fsp3) is 0.0667. The second-order valence-electron chi connectivity index (χ2n) is 4.51. The van der Waals surface area contributed by atoms with Crippen molar-refractivity contribution in [1.82, 2.24) is 0 Å². The van der Waals surface area contributed by atoms with Gasteiger partial charge in [-0.3, -0.25) is 4.79 Å². The molecule has 0 amide bonds. The van der Waals surface area contributed by atoms with E-state index < -0.39 is 21.4 Å². The first-order chi connectivity index (χ1) is 11.7. The van der Waals surface area contributed by atoms with Crippen molar-refractivity contribution < 1.29 is 30.6 Å². The molecule has 0 aliphatic carbocycles. The standard InChI is InChI=1S/C15H8F3NO4S2/c1-19-11-2-4-12(5-3-11)24-13-6-7-14(10(8-13)9-20)23-25(21,22)15(16,17)18/h2-9H. The second-order valence-corrected chi connectivity index (χ2v) is 7.19. The molecule has 0 saturated heterocycles. The fourth-order valence-corrected chi connectivity index (χ4v) is 3.00. The predicted molar refractivity (Wildman–Crippen MR) is 84.3 cm³/mol. The highest BCUT2D eigenvalue weighted by Gasteiger charge is 2.48. The maximum atomic E-state index is 12.4. The Morgan fingerprint density at radius 1 is 1.08 bits per heavy atom. The first-order valence-electron chi connectivity index (χ1n) is 6.41. The van der Waals surface area contributed by atoms with E-state index in [1.54, 1.807) is 24.3 Å². The van der Waals surface area contributed by atoms with Gasteiger partial charge in [0, 0.05) is 9.79 Å². The first kappa shape index (κ1) is 18.8. The molecule has 0 saturated carbocycles. The molecule has 10 heteroatoms. The summed E-state index contributed by atoms with van der Waals surface area (Å²) in [6.45, 7) is 6.86. The van der Waals surface area contributed by atoms with Crippen LogP contribution in [-0.2, 0) is 10.1 Å². The molecular weight excluding hydrogens is 379 g/mol. The SMILES string of the molecule is [C-]#[N+]c1ccc(Sc2ccc(OS(=O)(=O)C(F)(F)F)c(C=O)c2)cc1. The van der Waals surface area contributed by atoms with Gasteiger partial charge in [-0.15, -0.1) is 0 Å². The summed E-state index contributed by atoms with van der Waals surface area (Å²) in [5, 5.41) is 0. The number of alkyl halides is 3. The Morgan fingerprint density at radius 2 is 1.68 bits per heavy atom. The van der Waals surface area contributed by atoms with E-state index in [0.717, 1.165) is 11.0 Å². The quantitative estimate of drug-likeness (QED) is 0.329. The summed E-state index contributed by atoms with van der Waals surface area (Å²) in [5.74, 6) is -0.708. The number of aldehydes is 1. The monoisotopic (exact) mass is 387 g/mol. The fourth-order valence-electron chi connectivity index (χ4n) is 1.65. The number of nitrogens with zero attached hydrogens (tertiary/aromatic N) is 1. The zero-order valence-corrected chi connectivity index (χ0v) is 13.8. The number of rotatable bonds is 5. The van der Waals surface area contributed by atoms with Gasteiger partial charge in [0.2, 0.25) is 0 Å². The normalized spacial score (nSPS) is 11.6. The van der Waals surface area contributed by atoms with Crippen LogP contribution >= 0.6 is 11.8 Å². The Morgan fingerprint density at radius 3 is 2.20 bits per heavy atom. The molecule has 0 spiro atoms. The molecule has 0 fully saturated rings. The second kappa shape index (κ2) is 7.16. The molecular formula is C15H8F3NO4S2. The van der Waals surface area contributed by atoms with E-state index in [2.05, 4.69) is 9.03 Å². The highest BCUT2D eigenvalue weighted by Crippen LogP contribution is 2.34. The van der Waals surface area contributed by atoms with Crippen LogP contribution in [0.1, 0.15) is 10.4 Å². The third-order valence-corrected chi connectivity index (χ3v) is 4.76. The highest BCUT2D eigenvalue weighted by atomic mass is 32.2. The predicted octanol–water partition coefficient (Wildman–Crippen LogP) is 4.43. The Hall–Kier alpha value is -2.51. The Bertz CT molecular complexity index is 933. The van der Waals surface area contributed by atoms with Gasteiger partial charge in [0.25, 0.3) is 0 Å². The molecule has 5 nitrogen and oxygen atoms in total. The Kier molecular flexibility index (Phi) is 5.39. The van der Waals surface area contributed by atoms with Crippen molar-refractivity contribution in [3.8, 4) is 5.75 Å². The molecule has 0 radical (unpaired) electrons. The van der Waals surface area contributed by atoms with Gasteiger partial charge in [-0.05, 0) is 18.2 Å². The average molecular weight is 387 g/mol. The molecule has 2 aromatic carbocycles. The average Bonchev–Trinajstić information content (AvgIpc) is 2.55. The van der Waals surface area contributed by atoms with Crippen LogP contribution in [0, 0.1) is 6.57 Å². The van der Waals surface area contributed by atoms with E-state index in [1.807, 2.05) is 0 Å². The highest BCUT2D eigenvalue weighted by molar-refractivity contribution is 7.99. The summed E-state index contributed by atoms with van der Waals surface area (Å²) in [7, 11) is -5.86. The van der Waals surface area contributed by atoms with Crippen LogP contribution < -0.4 is 4.18 Å². The van der Waals surface area contributed by atoms with Crippen molar-refractivity contribution in [1.29, 1.82) is 0 Å². The third-order valence-electron chi connectivity index (χ3n) is 2.79. The molecule has 0 atom stereocenters. The molecule has 25 heavy (non-hydrogen) atoms. The lowest BCUT2D eigenvalue weighted by Gasteiger charge is -2.11. The molecule has 0 heterocycles. The molecule has 0 aliphatic heterocycles.